The predicted octanol–water partition coefficient (Wildman–Crippen LogP) is 2.38. The molecule has 0 radical (unpaired) electrons. The van der Waals surface area contributed by atoms with Crippen molar-refractivity contribution in [1.82, 2.24) is 0 Å². The van der Waals surface area contributed by atoms with Crippen molar-refractivity contribution in [2.75, 3.05) is 13.9 Å². The summed E-state index contributed by atoms with van der Waals surface area (Å²) in [6.07, 6.45) is -1.10. The first kappa shape index (κ1) is 12.5. The lowest BCUT2D eigenvalue weighted by Crippen LogP contribution is -2.19. The largest absolute Gasteiger partial charge is 0.390 e. The molecule has 0 amide bonds. The van der Waals surface area contributed by atoms with E-state index in [-0.39, 0.29) is 6.79 Å². The van der Waals surface area contributed by atoms with Crippen molar-refractivity contribution in [2.24, 2.45) is 0 Å². The zero-order chi connectivity index (χ0) is 11.3. The van der Waals surface area contributed by atoms with Crippen molar-refractivity contribution in [3.63, 3.8) is 0 Å². The van der Waals surface area contributed by atoms with Gasteiger partial charge in [0.1, 0.15) is 12.9 Å². The van der Waals surface area contributed by atoms with Crippen molar-refractivity contribution in [3.05, 3.63) is 34.9 Å². The van der Waals surface area contributed by atoms with E-state index in [2.05, 4.69) is 0 Å². The molecular formula is C11H15ClO3. The SMILES string of the molecule is COCO[C@@H](c1ccccc1Cl)[C@H](C)O. The van der Waals surface area contributed by atoms with Crippen molar-refractivity contribution in [3.8, 4) is 0 Å². The molecule has 0 fully saturated rings. The summed E-state index contributed by atoms with van der Waals surface area (Å²) < 4.78 is 10.2. The van der Waals surface area contributed by atoms with Gasteiger partial charge in [0.25, 0.3) is 0 Å². The number of rotatable bonds is 5. The monoisotopic (exact) mass is 230 g/mol. The number of ether oxygens (including phenoxy) is 2. The highest BCUT2D eigenvalue weighted by molar-refractivity contribution is 6.31. The fraction of sp³-hybridized carbons (Fsp3) is 0.455. The van der Waals surface area contributed by atoms with Crippen LogP contribution in [0.4, 0.5) is 0 Å². The fourth-order valence-electron chi connectivity index (χ4n) is 1.34. The lowest BCUT2D eigenvalue weighted by molar-refractivity contribution is -0.110. The van der Waals surface area contributed by atoms with E-state index in [4.69, 9.17) is 21.1 Å². The third-order valence-electron chi connectivity index (χ3n) is 2.02. The molecule has 0 aliphatic heterocycles. The van der Waals surface area contributed by atoms with Crippen LogP contribution < -0.4 is 0 Å². The molecule has 1 aromatic rings. The Hall–Kier alpha value is -0.610. The van der Waals surface area contributed by atoms with Crippen molar-refractivity contribution in [2.45, 2.75) is 19.1 Å². The Labute approximate surface area is 94.6 Å². The third kappa shape index (κ3) is 3.47. The van der Waals surface area contributed by atoms with Gasteiger partial charge in [-0.3, -0.25) is 0 Å². The molecule has 84 valence electrons. The van der Waals surface area contributed by atoms with E-state index in [9.17, 15) is 5.11 Å². The number of methoxy groups -OCH3 is 1. The van der Waals surface area contributed by atoms with Crippen LogP contribution in [0.15, 0.2) is 24.3 Å². The molecule has 0 aliphatic carbocycles. The molecule has 0 unspecified atom stereocenters. The summed E-state index contributed by atoms with van der Waals surface area (Å²) in [6.45, 7) is 1.78. The second-order valence-electron chi connectivity index (χ2n) is 3.26. The van der Waals surface area contributed by atoms with Crippen LogP contribution in [0.3, 0.4) is 0 Å². The Kier molecular flexibility index (Phi) is 5.05. The van der Waals surface area contributed by atoms with Gasteiger partial charge in [-0.05, 0) is 13.0 Å². The van der Waals surface area contributed by atoms with E-state index in [1.807, 2.05) is 18.2 Å². The van der Waals surface area contributed by atoms with E-state index in [0.29, 0.717) is 5.02 Å². The van der Waals surface area contributed by atoms with Crippen LogP contribution in [0.1, 0.15) is 18.6 Å². The van der Waals surface area contributed by atoms with Crippen LogP contribution in [-0.2, 0) is 9.47 Å². The van der Waals surface area contributed by atoms with Gasteiger partial charge in [0.15, 0.2) is 0 Å². The minimum absolute atomic E-state index is 0.126. The quantitative estimate of drug-likeness (QED) is 0.790. The summed E-state index contributed by atoms with van der Waals surface area (Å²) in [5, 5.41) is 10.2. The topological polar surface area (TPSA) is 38.7 Å². The molecule has 0 heterocycles. The lowest BCUT2D eigenvalue weighted by Gasteiger charge is -2.21. The Morgan fingerprint density at radius 1 is 1.40 bits per heavy atom. The van der Waals surface area contributed by atoms with Crippen LogP contribution >= 0.6 is 11.6 Å². The van der Waals surface area contributed by atoms with E-state index >= 15 is 0 Å². The molecule has 0 aliphatic rings. The molecule has 2 atom stereocenters. The number of benzene rings is 1. The zero-order valence-electron chi connectivity index (χ0n) is 8.81. The van der Waals surface area contributed by atoms with E-state index in [0.717, 1.165) is 5.56 Å². The number of hydrogen-bond acceptors (Lipinski definition) is 3. The Morgan fingerprint density at radius 2 is 2.07 bits per heavy atom. The van der Waals surface area contributed by atoms with Gasteiger partial charge in [0, 0.05) is 17.7 Å². The molecular weight excluding hydrogens is 216 g/mol. The van der Waals surface area contributed by atoms with Crippen LogP contribution in [0, 0.1) is 0 Å². The summed E-state index contributed by atoms with van der Waals surface area (Å²) in [5.74, 6) is 0. The van der Waals surface area contributed by atoms with Gasteiger partial charge in [-0.1, -0.05) is 29.8 Å². The van der Waals surface area contributed by atoms with Gasteiger partial charge in [0.05, 0.1) is 6.10 Å². The number of aliphatic hydroxyl groups excluding tert-OH is 1. The first-order valence-corrected chi connectivity index (χ1v) is 5.07. The number of hydrogen-bond donors (Lipinski definition) is 1. The third-order valence-corrected chi connectivity index (χ3v) is 2.36. The molecule has 0 saturated heterocycles. The Bertz CT molecular complexity index is 302. The summed E-state index contributed by atoms with van der Waals surface area (Å²) in [6, 6.07) is 7.28. The van der Waals surface area contributed by atoms with E-state index in [1.165, 1.54) is 7.11 Å². The van der Waals surface area contributed by atoms with Crippen molar-refractivity contribution in [1.29, 1.82) is 0 Å². The first-order chi connectivity index (χ1) is 7.16. The van der Waals surface area contributed by atoms with E-state index < -0.39 is 12.2 Å². The van der Waals surface area contributed by atoms with Crippen molar-refractivity contribution >= 4 is 11.6 Å². The highest BCUT2D eigenvalue weighted by Gasteiger charge is 2.20. The molecule has 4 heteroatoms. The molecule has 0 bridgehead atoms. The maximum absolute atomic E-state index is 9.58. The summed E-state index contributed by atoms with van der Waals surface area (Å²) in [7, 11) is 1.53. The molecule has 1 aromatic carbocycles. The minimum Gasteiger partial charge on any atom is -0.390 e. The predicted molar refractivity (Wildman–Crippen MR) is 58.8 cm³/mol. The van der Waals surface area contributed by atoms with E-state index in [1.54, 1.807) is 13.0 Å². The number of aliphatic hydroxyl groups is 1. The van der Waals surface area contributed by atoms with Crippen LogP contribution in [0.5, 0.6) is 0 Å². The summed E-state index contributed by atoms with van der Waals surface area (Å²) in [5.41, 5.74) is 0.770. The molecule has 15 heavy (non-hydrogen) atoms. The second kappa shape index (κ2) is 6.08. The van der Waals surface area contributed by atoms with Gasteiger partial charge in [-0.15, -0.1) is 0 Å². The number of halogens is 1. The van der Waals surface area contributed by atoms with Crippen LogP contribution in [0.2, 0.25) is 5.02 Å². The molecule has 0 spiro atoms. The molecule has 0 aromatic heterocycles. The molecule has 1 N–H and O–H groups in total. The highest BCUT2D eigenvalue weighted by atomic mass is 35.5. The van der Waals surface area contributed by atoms with Gasteiger partial charge in [-0.2, -0.15) is 0 Å². The maximum Gasteiger partial charge on any atom is 0.147 e. The lowest BCUT2D eigenvalue weighted by atomic mass is 10.1. The Balaban J connectivity index is 2.84. The van der Waals surface area contributed by atoms with Gasteiger partial charge >= 0.3 is 0 Å². The average Bonchev–Trinajstić information content (AvgIpc) is 2.20. The Morgan fingerprint density at radius 3 is 2.60 bits per heavy atom. The van der Waals surface area contributed by atoms with Crippen LogP contribution in [-0.4, -0.2) is 25.1 Å². The van der Waals surface area contributed by atoms with Gasteiger partial charge < -0.3 is 14.6 Å². The van der Waals surface area contributed by atoms with Crippen LogP contribution in [0.25, 0.3) is 0 Å². The van der Waals surface area contributed by atoms with Crippen molar-refractivity contribution < 1.29 is 14.6 Å². The molecule has 1 rings (SSSR count). The first-order valence-electron chi connectivity index (χ1n) is 4.70. The standard InChI is InChI=1S/C11H15ClO3/c1-8(13)11(15-7-14-2)9-5-3-4-6-10(9)12/h3-6,8,11,13H,7H2,1-2H3/t8-,11+/m0/s1. The summed E-state index contributed by atoms with van der Waals surface area (Å²) >= 11 is 6.01. The molecule has 0 saturated carbocycles. The maximum atomic E-state index is 9.58. The van der Waals surface area contributed by atoms with Gasteiger partial charge in [-0.25, -0.2) is 0 Å². The second-order valence-corrected chi connectivity index (χ2v) is 3.66. The minimum atomic E-state index is -0.639. The smallest absolute Gasteiger partial charge is 0.147 e. The molecule has 3 nitrogen and oxygen atoms in total. The average molecular weight is 231 g/mol. The van der Waals surface area contributed by atoms with Gasteiger partial charge in [0.2, 0.25) is 0 Å². The zero-order valence-corrected chi connectivity index (χ0v) is 9.57. The fourth-order valence-corrected chi connectivity index (χ4v) is 1.58. The summed E-state index contributed by atoms with van der Waals surface area (Å²) in [4.78, 5) is 0. The highest BCUT2D eigenvalue weighted by Crippen LogP contribution is 2.27. The normalized spacial score (nSPS) is 14.9.